The molecule has 0 saturated heterocycles. The Bertz CT molecular complexity index is 720. The van der Waals surface area contributed by atoms with E-state index in [1.54, 1.807) is 13.0 Å². The molecule has 0 unspecified atom stereocenters. The van der Waals surface area contributed by atoms with Gasteiger partial charge < -0.3 is 10.3 Å². The van der Waals surface area contributed by atoms with Gasteiger partial charge in [0.15, 0.2) is 0 Å². The van der Waals surface area contributed by atoms with E-state index in [9.17, 15) is 13.6 Å². The SMILES string of the molecule is Cc1ccc(C(N)=S)c(=O)n1Cc1c(F)cccc1F. The number of hydrogen-bond donors (Lipinski definition) is 1. The summed E-state index contributed by atoms with van der Waals surface area (Å²) in [5.41, 5.74) is 5.55. The van der Waals surface area contributed by atoms with Crippen LogP contribution >= 0.6 is 12.2 Å². The summed E-state index contributed by atoms with van der Waals surface area (Å²) in [6.45, 7) is 1.46. The van der Waals surface area contributed by atoms with Crippen LogP contribution < -0.4 is 11.3 Å². The molecule has 0 amide bonds. The molecule has 2 aromatic rings. The lowest BCUT2D eigenvalue weighted by Crippen LogP contribution is -2.31. The fourth-order valence-electron chi connectivity index (χ4n) is 1.90. The highest BCUT2D eigenvalue weighted by atomic mass is 32.1. The number of nitrogens with zero attached hydrogens (tertiary/aromatic N) is 1. The molecule has 0 aliphatic rings. The van der Waals surface area contributed by atoms with Crippen molar-refractivity contribution in [2.45, 2.75) is 13.5 Å². The standard InChI is InChI=1S/C14H12F2N2OS/c1-8-5-6-9(13(17)20)14(19)18(8)7-10-11(15)3-2-4-12(10)16/h2-6H,7H2,1H3,(H2,17,20). The fraction of sp³-hybridized carbons (Fsp3) is 0.143. The third kappa shape index (κ3) is 2.60. The molecule has 0 aliphatic carbocycles. The van der Waals surface area contributed by atoms with Gasteiger partial charge in [-0.1, -0.05) is 18.3 Å². The van der Waals surface area contributed by atoms with Gasteiger partial charge in [0.25, 0.3) is 5.56 Å². The molecule has 0 saturated carbocycles. The van der Waals surface area contributed by atoms with Gasteiger partial charge in [0.05, 0.1) is 12.1 Å². The zero-order valence-electron chi connectivity index (χ0n) is 10.7. The first kappa shape index (κ1) is 14.3. The van der Waals surface area contributed by atoms with Gasteiger partial charge in [-0.15, -0.1) is 0 Å². The Morgan fingerprint density at radius 1 is 1.25 bits per heavy atom. The highest BCUT2D eigenvalue weighted by Gasteiger charge is 2.13. The summed E-state index contributed by atoms with van der Waals surface area (Å²) in [6, 6.07) is 6.71. The van der Waals surface area contributed by atoms with Crippen molar-refractivity contribution in [3.8, 4) is 0 Å². The molecule has 6 heteroatoms. The minimum Gasteiger partial charge on any atom is -0.389 e. The van der Waals surface area contributed by atoms with Gasteiger partial charge in [-0.25, -0.2) is 8.78 Å². The molecular formula is C14H12F2N2OS. The minimum absolute atomic E-state index is 0.0437. The van der Waals surface area contributed by atoms with Crippen molar-refractivity contribution in [3.05, 3.63) is 69.1 Å². The van der Waals surface area contributed by atoms with Crippen LogP contribution in [0.15, 0.2) is 35.1 Å². The predicted molar refractivity (Wildman–Crippen MR) is 76.8 cm³/mol. The van der Waals surface area contributed by atoms with Crippen LogP contribution in [0.5, 0.6) is 0 Å². The topological polar surface area (TPSA) is 48.0 Å². The monoisotopic (exact) mass is 294 g/mol. The number of thiocarbonyl (C=S) groups is 1. The van der Waals surface area contributed by atoms with E-state index in [0.717, 1.165) is 12.1 Å². The summed E-state index contributed by atoms with van der Waals surface area (Å²) < 4.78 is 28.6. The van der Waals surface area contributed by atoms with Crippen LogP contribution in [0.3, 0.4) is 0 Å². The van der Waals surface area contributed by atoms with E-state index >= 15 is 0 Å². The summed E-state index contributed by atoms with van der Waals surface area (Å²) in [7, 11) is 0. The molecule has 0 atom stereocenters. The Morgan fingerprint density at radius 3 is 2.40 bits per heavy atom. The maximum atomic E-state index is 13.7. The zero-order chi connectivity index (χ0) is 14.9. The van der Waals surface area contributed by atoms with Gasteiger partial charge >= 0.3 is 0 Å². The molecule has 104 valence electrons. The van der Waals surface area contributed by atoms with E-state index in [1.165, 1.54) is 16.7 Å². The normalized spacial score (nSPS) is 10.6. The molecule has 0 fully saturated rings. The second-order valence-electron chi connectivity index (χ2n) is 4.34. The molecule has 2 N–H and O–H groups in total. The number of benzene rings is 1. The Labute approximate surface area is 119 Å². The number of aryl methyl sites for hydroxylation is 1. The average molecular weight is 294 g/mol. The minimum atomic E-state index is -0.697. The van der Waals surface area contributed by atoms with Crippen molar-refractivity contribution >= 4 is 17.2 Å². The molecular weight excluding hydrogens is 282 g/mol. The van der Waals surface area contributed by atoms with Gasteiger partial charge in [-0.05, 0) is 31.2 Å². The van der Waals surface area contributed by atoms with E-state index in [-0.39, 0.29) is 22.7 Å². The first-order valence-electron chi connectivity index (χ1n) is 5.85. The van der Waals surface area contributed by atoms with Crippen molar-refractivity contribution in [1.29, 1.82) is 0 Å². The van der Waals surface area contributed by atoms with Gasteiger partial charge in [0.2, 0.25) is 0 Å². The first-order chi connectivity index (χ1) is 9.41. The van der Waals surface area contributed by atoms with Crippen molar-refractivity contribution in [1.82, 2.24) is 4.57 Å². The smallest absolute Gasteiger partial charge is 0.261 e. The molecule has 3 nitrogen and oxygen atoms in total. The van der Waals surface area contributed by atoms with Crippen LogP contribution in [0.2, 0.25) is 0 Å². The number of halogens is 2. The molecule has 0 spiro atoms. The molecule has 0 aliphatic heterocycles. The fourth-order valence-corrected chi connectivity index (χ4v) is 2.05. The van der Waals surface area contributed by atoms with Crippen LogP contribution in [0.25, 0.3) is 0 Å². The summed E-state index contributed by atoms with van der Waals surface area (Å²) >= 11 is 4.78. The third-order valence-electron chi connectivity index (χ3n) is 3.04. The Hall–Kier alpha value is -2.08. The number of hydrogen-bond acceptors (Lipinski definition) is 2. The summed E-state index contributed by atoms with van der Waals surface area (Å²) in [4.78, 5) is 12.2. The third-order valence-corrected chi connectivity index (χ3v) is 3.26. The Morgan fingerprint density at radius 2 is 1.85 bits per heavy atom. The number of pyridine rings is 1. The zero-order valence-corrected chi connectivity index (χ0v) is 11.5. The lowest BCUT2D eigenvalue weighted by Gasteiger charge is -2.12. The molecule has 1 aromatic heterocycles. The number of rotatable bonds is 3. The largest absolute Gasteiger partial charge is 0.389 e. The van der Waals surface area contributed by atoms with E-state index < -0.39 is 17.2 Å². The number of aromatic nitrogens is 1. The van der Waals surface area contributed by atoms with E-state index in [4.69, 9.17) is 18.0 Å². The highest BCUT2D eigenvalue weighted by molar-refractivity contribution is 7.80. The summed E-state index contributed by atoms with van der Waals surface area (Å²) in [5.74, 6) is -1.39. The lowest BCUT2D eigenvalue weighted by molar-refractivity contribution is 0.539. The van der Waals surface area contributed by atoms with Gasteiger partial charge in [-0.3, -0.25) is 4.79 Å². The molecule has 1 aromatic carbocycles. The van der Waals surface area contributed by atoms with Gasteiger partial charge in [-0.2, -0.15) is 0 Å². The maximum absolute atomic E-state index is 13.7. The van der Waals surface area contributed by atoms with Crippen molar-refractivity contribution in [2.75, 3.05) is 0 Å². The second kappa shape index (κ2) is 5.50. The average Bonchev–Trinajstić information content (AvgIpc) is 2.36. The first-order valence-corrected chi connectivity index (χ1v) is 6.25. The highest BCUT2D eigenvalue weighted by Crippen LogP contribution is 2.14. The molecule has 0 radical (unpaired) electrons. The van der Waals surface area contributed by atoms with E-state index in [0.29, 0.717) is 5.69 Å². The van der Waals surface area contributed by atoms with Gasteiger partial charge in [0, 0.05) is 11.3 Å². The van der Waals surface area contributed by atoms with Crippen molar-refractivity contribution in [3.63, 3.8) is 0 Å². The second-order valence-corrected chi connectivity index (χ2v) is 4.78. The quantitative estimate of drug-likeness (QED) is 0.882. The van der Waals surface area contributed by atoms with Crippen molar-refractivity contribution in [2.24, 2.45) is 5.73 Å². The van der Waals surface area contributed by atoms with Crippen LogP contribution in [0.4, 0.5) is 8.78 Å². The van der Waals surface area contributed by atoms with Gasteiger partial charge in [0.1, 0.15) is 16.6 Å². The molecule has 2 rings (SSSR count). The lowest BCUT2D eigenvalue weighted by atomic mass is 10.1. The Balaban J connectivity index is 2.57. The van der Waals surface area contributed by atoms with Crippen LogP contribution in [0.1, 0.15) is 16.8 Å². The molecule has 0 bridgehead atoms. The Kier molecular flexibility index (Phi) is 3.94. The van der Waals surface area contributed by atoms with E-state index in [1.807, 2.05) is 0 Å². The predicted octanol–water partition coefficient (Wildman–Crippen LogP) is 2.12. The number of nitrogens with two attached hydrogens (primary N) is 1. The maximum Gasteiger partial charge on any atom is 0.261 e. The summed E-state index contributed by atoms with van der Waals surface area (Å²) in [6.07, 6.45) is 0. The van der Waals surface area contributed by atoms with Crippen LogP contribution in [-0.2, 0) is 6.54 Å². The molecule has 20 heavy (non-hydrogen) atoms. The summed E-state index contributed by atoms with van der Waals surface area (Å²) in [5, 5.41) is 0. The molecule has 1 heterocycles. The van der Waals surface area contributed by atoms with Crippen LogP contribution in [0, 0.1) is 18.6 Å². The van der Waals surface area contributed by atoms with E-state index in [2.05, 4.69) is 0 Å². The van der Waals surface area contributed by atoms with Crippen LogP contribution in [-0.4, -0.2) is 9.56 Å². The van der Waals surface area contributed by atoms with Crippen molar-refractivity contribution < 1.29 is 8.78 Å².